The van der Waals surface area contributed by atoms with Crippen molar-refractivity contribution in [2.24, 2.45) is 7.05 Å². The number of fused-ring (bicyclic) bond motifs is 1. The fourth-order valence-electron chi connectivity index (χ4n) is 1.82. The molecule has 0 aliphatic heterocycles. The minimum atomic E-state index is 0.603. The van der Waals surface area contributed by atoms with Crippen LogP contribution >= 0.6 is 11.3 Å². The summed E-state index contributed by atoms with van der Waals surface area (Å²) < 4.78 is 8.76. The molecule has 0 bridgehead atoms. The van der Waals surface area contributed by atoms with Crippen molar-refractivity contribution < 1.29 is 4.42 Å². The van der Waals surface area contributed by atoms with Crippen molar-refractivity contribution in [2.45, 2.75) is 0 Å². The molecule has 4 heterocycles. The van der Waals surface area contributed by atoms with Crippen molar-refractivity contribution in [3.05, 3.63) is 30.8 Å². The first-order valence-corrected chi connectivity index (χ1v) is 6.38. The second-order valence-corrected chi connectivity index (χ2v) is 4.96. The Morgan fingerprint density at radius 2 is 2.26 bits per heavy atom. The SMILES string of the molecule is Cn1cc(-c2nn3c(-c4ccco4)nnc3s2)cn1. The fraction of sp³-hybridized carbons (Fsp3) is 0.0909. The predicted octanol–water partition coefficient (Wildman–Crippen LogP) is 1.85. The maximum absolute atomic E-state index is 5.33. The molecule has 4 aromatic heterocycles. The van der Waals surface area contributed by atoms with E-state index in [-0.39, 0.29) is 0 Å². The van der Waals surface area contributed by atoms with E-state index >= 15 is 0 Å². The summed E-state index contributed by atoms with van der Waals surface area (Å²) in [5.41, 5.74) is 0.961. The number of aromatic nitrogens is 6. The summed E-state index contributed by atoms with van der Waals surface area (Å²) in [5, 5.41) is 17.7. The lowest BCUT2D eigenvalue weighted by molar-refractivity contribution is 0.575. The van der Waals surface area contributed by atoms with Gasteiger partial charge in [-0.25, -0.2) is 0 Å². The summed E-state index contributed by atoms with van der Waals surface area (Å²) in [6.45, 7) is 0. The van der Waals surface area contributed by atoms with E-state index in [0.717, 1.165) is 15.5 Å². The van der Waals surface area contributed by atoms with Gasteiger partial charge < -0.3 is 4.42 Å². The molecule has 0 aliphatic rings. The molecule has 0 amide bonds. The Morgan fingerprint density at radius 3 is 3.00 bits per heavy atom. The summed E-state index contributed by atoms with van der Waals surface area (Å²) >= 11 is 1.47. The molecule has 0 fully saturated rings. The Morgan fingerprint density at radius 1 is 1.32 bits per heavy atom. The molecule has 19 heavy (non-hydrogen) atoms. The topological polar surface area (TPSA) is 74.0 Å². The van der Waals surface area contributed by atoms with Crippen molar-refractivity contribution >= 4 is 16.3 Å². The maximum atomic E-state index is 5.33. The van der Waals surface area contributed by atoms with Gasteiger partial charge in [0.2, 0.25) is 10.8 Å². The highest BCUT2D eigenvalue weighted by Crippen LogP contribution is 2.27. The fourth-order valence-corrected chi connectivity index (χ4v) is 2.64. The van der Waals surface area contributed by atoms with Crippen LogP contribution in [0.4, 0.5) is 0 Å². The van der Waals surface area contributed by atoms with Crippen LogP contribution in [0.5, 0.6) is 0 Å². The van der Waals surface area contributed by atoms with Gasteiger partial charge in [-0.3, -0.25) is 4.68 Å². The van der Waals surface area contributed by atoms with Crippen molar-refractivity contribution in [2.75, 3.05) is 0 Å². The highest BCUT2D eigenvalue weighted by Gasteiger charge is 2.16. The lowest BCUT2D eigenvalue weighted by Crippen LogP contribution is -1.89. The summed E-state index contributed by atoms with van der Waals surface area (Å²) in [5.74, 6) is 1.25. The number of hydrogen-bond acceptors (Lipinski definition) is 6. The quantitative estimate of drug-likeness (QED) is 0.556. The van der Waals surface area contributed by atoms with Crippen LogP contribution in [0.2, 0.25) is 0 Å². The van der Waals surface area contributed by atoms with Gasteiger partial charge in [0.15, 0.2) is 10.8 Å². The molecule has 0 unspecified atom stereocenters. The van der Waals surface area contributed by atoms with Crippen molar-refractivity contribution in [1.29, 1.82) is 0 Å². The molecule has 0 atom stereocenters. The van der Waals surface area contributed by atoms with Crippen molar-refractivity contribution in [3.8, 4) is 22.2 Å². The van der Waals surface area contributed by atoms with Gasteiger partial charge in [-0.2, -0.15) is 14.7 Å². The molecule has 7 nitrogen and oxygen atoms in total. The van der Waals surface area contributed by atoms with E-state index in [9.17, 15) is 0 Å². The number of aryl methyl sites for hydroxylation is 1. The minimum absolute atomic E-state index is 0.603. The van der Waals surface area contributed by atoms with E-state index in [2.05, 4.69) is 20.4 Å². The molecule has 0 saturated carbocycles. The second-order valence-electron chi connectivity index (χ2n) is 4.01. The molecule has 0 N–H and O–H groups in total. The number of rotatable bonds is 2. The van der Waals surface area contributed by atoms with Crippen molar-refractivity contribution in [3.63, 3.8) is 0 Å². The first-order chi connectivity index (χ1) is 9.31. The smallest absolute Gasteiger partial charge is 0.235 e. The van der Waals surface area contributed by atoms with Crippen LogP contribution in [-0.4, -0.2) is 29.6 Å². The van der Waals surface area contributed by atoms with Gasteiger partial charge in [0.05, 0.1) is 18.0 Å². The summed E-state index contributed by atoms with van der Waals surface area (Å²) in [6, 6.07) is 3.64. The van der Waals surface area contributed by atoms with Gasteiger partial charge in [0.25, 0.3) is 0 Å². The third-order valence-electron chi connectivity index (χ3n) is 2.68. The summed E-state index contributed by atoms with van der Waals surface area (Å²) in [6.07, 6.45) is 5.29. The van der Waals surface area contributed by atoms with Gasteiger partial charge in [-0.15, -0.1) is 10.2 Å². The van der Waals surface area contributed by atoms with Crippen LogP contribution in [0.3, 0.4) is 0 Å². The van der Waals surface area contributed by atoms with Gasteiger partial charge in [-0.1, -0.05) is 11.3 Å². The first-order valence-electron chi connectivity index (χ1n) is 5.56. The zero-order valence-electron chi connectivity index (χ0n) is 9.89. The van der Waals surface area contributed by atoms with Crippen LogP contribution in [0.1, 0.15) is 0 Å². The molecule has 0 radical (unpaired) electrons. The molecule has 4 rings (SSSR count). The molecule has 94 valence electrons. The van der Waals surface area contributed by atoms with Crippen LogP contribution in [0.25, 0.3) is 27.1 Å². The summed E-state index contributed by atoms with van der Waals surface area (Å²) in [7, 11) is 1.87. The standard InChI is InChI=1S/C11H8N6OS/c1-16-6-7(5-12-16)10-15-17-9(8-3-2-4-18-8)13-14-11(17)19-10/h2-6H,1H3. The maximum Gasteiger partial charge on any atom is 0.235 e. The third-order valence-corrected chi connectivity index (χ3v) is 3.63. The lowest BCUT2D eigenvalue weighted by atomic mass is 10.4. The molecule has 0 aromatic carbocycles. The van der Waals surface area contributed by atoms with Gasteiger partial charge >= 0.3 is 0 Å². The average molecular weight is 272 g/mol. The largest absolute Gasteiger partial charge is 0.461 e. The molecule has 0 spiro atoms. The Labute approximate surface area is 111 Å². The zero-order valence-corrected chi connectivity index (χ0v) is 10.7. The average Bonchev–Trinajstić information content (AvgIpc) is 3.11. The van der Waals surface area contributed by atoms with Gasteiger partial charge in [0, 0.05) is 13.2 Å². The van der Waals surface area contributed by atoms with E-state index in [1.807, 2.05) is 25.4 Å². The highest BCUT2D eigenvalue weighted by molar-refractivity contribution is 7.19. The second kappa shape index (κ2) is 3.75. The van der Waals surface area contributed by atoms with Gasteiger partial charge in [0.1, 0.15) is 0 Å². The van der Waals surface area contributed by atoms with E-state index in [1.165, 1.54) is 11.3 Å². The van der Waals surface area contributed by atoms with E-state index in [4.69, 9.17) is 4.42 Å². The van der Waals surface area contributed by atoms with E-state index in [0.29, 0.717) is 11.6 Å². The first kappa shape index (κ1) is 10.4. The molecule has 4 aromatic rings. The molecule has 0 saturated heterocycles. The van der Waals surface area contributed by atoms with Gasteiger partial charge in [-0.05, 0) is 12.1 Å². The molecule has 8 heteroatoms. The number of nitrogens with zero attached hydrogens (tertiary/aromatic N) is 6. The van der Waals surface area contributed by atoms with Crippen LogP contribution in [-0.2, 0) is 7.05 Å². The van der Waals surface area contributed by atoms with Crippen LogP contribution in [0, 0.1) is 0 Å². The Hall–Kier alpha value is -2.48. The van der Waals surface area contributed by atoms with E-state index in [1.54, 1.807) is 21.7 Å². The Balaban J connectivity index is 1.89. The van der Waals surface area contributed by atoms with Crippen LogP contribution in [0.15, 0.2) is 35.2 Å². The Bertz CT molecular complexity index is 840. The monoisotopic (exact) mass is 272 g/mol. The summed E-state index contributed by atoms with van der Waals surface area (Å²) in [4.78, 5) is 0.727. The van der Waals surface area contributed by atoms with Crippen LogP contribution < -0.4 is 0 Å². The Kier molecular flexibility index (Phi) is 2.06. The third kappa shape index (κ3) is 1.57. The lowest BCUT2D eigenvalue weighted by Gasteiger charge is -1.90. The molecular formula is C11H8N6OS. The minimum Gasteiger partial charge on any atom is -0.461 e. The number of furan rings is 1. The number of hydrogen-bond donors (Lipinski definition) is 0. The highest BCUT2D eigenvalue weighted by atomic mass is 32.1. The normalized spacial score (nSPS) is 11.4. The molecular weight excluding hydrogens is 264 g/mol. The van der Waals surface area contributed by atoms with Crippen molar-refractivity contribution in [1.82, 2.24) is 29.6 Å². The predicted molar refractivity (Wildman–Crippen MR) is 68.6 cm³/mol. The van der Waals surface area contributed by atoms with E-state index < -0.39 is 0 Å². The zero-order chi connectivity index (χ0) is 12.8. The molecule has 0 aliphatic carbocycles.